The first-order valence-electron chi connectivity index (χ1n) is 5.09. The number of nitrogens with one attached hydrogen (secondary N) is 2. The summed E-state index contributed by atoms with van der Waals surface area (Å²) in [7, 11) is -4.11. The molecule has 0 saturated heterocycles. The molecule has 6 nitrogen and oxygen atoms in total. The first kappa shape index (κ1) is 13.3. The molecule has 0 aliphatic carbocycles. The van der Waals surface area contributed by atoms with Crippen molar-refractivity contribution >= 4 is 21.4 Å². The van der Waals surface area contributed by atoms with Crippen molar-refractivity contribution in [2.75, 3.05) is 10.5 Å². The summed E-state index contributed by atoms with van der Waals surface area (Å²) < 4.78 is 52.3. The molecule has 0 radical (unpaired) electrons. The van der Waals surface area contributed by atoms with E-state index in [0.717, 1.165) is 18.3 Å². The van der Waals surface area contributed by atoms with Crippen molar-refractivity contribution in [1.29, 1.82) is 0 Å². The van der Waals surface area contributed by atoms with E-state index in [2.05, 4.69) is 9.97 Å². The van der Waals surface area contributed by atoms with Crippen molar-refractivity contribution < 1.29 is 17.2 Å². The molecular formula is C10H10F2N4O2S. The van der Waals surface area contributed by atoms with E-state index in [9.17, 15) is 17.2 Å². The second kappa shape index (κ2) is 4.50. The van der Waals surface area contributed by atoms with Crippen molar-refractivity contribution in [2.45, 2.75) is 11.9 Å². The number of anilines is 2. The standard InChI is InChI=1S/C10H10F2N4O2S/c1-5-14-4-8(15-5)19(17,18)16-10-7(13)3-2-6(11)9(10)12/h2-4,16H,13H2,1H3,(H,14,15). The van der Waals surface area contributed by atoms with Crippen LogP contribution in [0.3, 0.4) is 0 Å². The quantitative estimate of drug-likeness (QED) is 0.743. The van der Waals surface area contributed by atoms with Crippen LogP contribution in [0.4, 0.5) is 20.2 Å². The Morgan fingerprint density at radius 1 is 1.37 bits per heavy atom. The summed E-state index contributed by atoms with van der Waals surface area (Å²) in [6.07, 6.45) is 1.06. The number of aryl methyl sites for hydroxylation is 1. The molecule has 2 aromatic rings. The second-order valence-electron chi connectivity index (χ2n) is 3.76. The zero-order valence-corrected chi connectivity index (χ0v) is 10.6. The maximum Gasteiger partial charge on any atom is 0.279 e. The zero-order valence-electron chi connectivity index (χ0n) is 9.74. The summed E-state index contributed by atoms with van der Waals surface area (Å²) >= 11 is 0. The van der Waals surface area contributed by atoms with Gasteiger partial charge in [-0.15, -0.1) is 0 Å². The van der Waals surface area contributed by atoms with Gasteiger partial charge in [-0.3, -0.25) is 4.72 Å². The molecule has 1 aromatic carbocycles. The first-order chi connectivity index (χ1) is 8.81. The van der Waals surface area contributed by atoms with E-state index in [4.69, 9.17) is 5.73 Å². The number of nitrogens with zero attached hydrogens (tertiary/aromatic N) is 1. The van der Waals surface area contributed by atoms with E-state index < -0.39 is 27.3 Å². The van der Waals surface area contributed by atoms with E-state index in [1.165, 1.54) is 0 Å². The molecular weight excluding hydrogens is 278 g/mol. The number of aromatic nitrogens is 2. The molecule has 19 heavy (non-hydrogen) atoms. The summed E-state index contributed by atoms with van der Waals surface area (Å²) in [5.74, 6) is -2.19. The van der Waals surface area contributed by atoms with Crippen LogP contribution in [0.15, 0.2) is 23.4 Å². The highest BCUT2D eigenvalue weighted by Crippen LogP contribution is 2.26. The van der Waals surface area contributed by atoms with E-state index in [1.807, 2.05) is 4.72 Å². The smallest absolute Gasteiger partial charge is 0.279 e. The fourth-order valence-electron chi connectivity index (χ4n) is 1.39. The van der Waals surface area contributed by atoms with Gasteiger partial charge >= 0.3 is 0 Å². The number of rotatable bonds is 3. The molecule has 1 aromatic heterocycles. The van der Waals surface area contributed by atoms with Crippen LogP contribution in [0.2, 0.25) is 0 Å². The molecule has 0 unspecified atom stereocenters. The lowest BCUT2D eigenvalue weighted by atomic mass is 10.2. The fourth-order valence-corrected chi connectivity index (χ4v) is 2.45. The molecule has 0 saturated carbocycles. The Hall–Kier alpha value is -2.16. The van der Waals surface area contributed by atoms with Crippen LogP contribution in [0.1, 0.15) is 5.82 Å². The van der Waals surface area contributed by atoms with Gasteiger partial charge in [-0.1, -0.05) is 0 Å². The molecule has 0 spiro atoms. The molecule has 2 rings (SSSR count). The third kappa shape index (κ3) is 2.50. The summed E-state index contributed by atoms with van der Waals surface area (Å²) in [6, 6.07) is 1.87. The predicted molar refractivity (Wildman–Crippen MR) is 64.9 cm³/mol. The van der Waals surface area contributed by atoms with Crippen LogP contribution in [0.25, 0.3) is 0 Å². The number of benzene rings is 1. The molecule has 0 amide bonds. The van der Waals surface area contributed by atoms with Gasteiger partial charge in [-0.25, -0.2) is 13.8 Å². The van der Waals surface area contributed by atoms with Crippen LogP contribution >= 0.6 is 0 Å². The monoisotopic (exact) mass is 288 g/mol. The number of halogens is 2. The lowest BCUT2D eigenvalue weighted by Gasteiger charge is -2.10. The Morgan fingerprint density at radius 2 is 2.05 bits per heavy atom. The van der Waals surface area contributed by atoms with Crippen LogP contribution in [-0.2, 0) is 10.0 Å². The summed E-state index contributed by atoms with van der Waals surface area (Å²) in [5.41, 5.74) is 4.57. The maximum absolute atomic E-state index is 13.5. The molecule has 1 heterocycles. The first-order valence-corrected chi connectivity index (χ1v) is 6.57. The van der Waals surface area contributed by atoms with Crippen LogP contribution < -0.4 is 10.5 Å². The Morgan fingerprint density at radius 3 is 2.63 bits per heavy atom. The Balaban J connectivity index is 2.44. The highest BCUT2D eigenvalue weighted by molar-refractivity contribution is 7.92. The number of nitrogen functional groups attached to an aromatic ring is 1. The molecule has 0 aliphatic rings. The van der Waals surface area contributed by atoms with Gasteiger partial charge in [0.25, 0.3) is 10.0 Å². The minimum Gasteiger partial charge on any atom is -0.397 e. The van der Waals surface area contributed by atoms with Gasteiger partial charge in [-0.2, -0.15) is 8.42 Å². The SMILES string of the molecule is Cc1ncc(S(=O)(=O)Nc2c(N)ccc(F)c2F)[nH]1. The van der Waals surface area contributed by atoms with Gasteiger partial charge in [0.1, 0.15) is 11.5 Å². The second-order valence-corrected chi connectivity index (χ2v) is 5.41. The van der Waals surface area contributed by atoms with Crippen LogP contribution in [-0.4, -0.2) is 18.4 Å². The third-order valence-corrected chi connectivity index (χ3v) is 3.59. The Bertz CT molecular complexity index is 727. The average molecular weight is 288 g/mol. The van der Waals surface area contributed by atoms with E-state index >= 15 is 0 Å². The lowest BCUT2D eigenvalue weighted by Crippen LogP contribution is -2.16. The largest absolute Gasteiger partial charge is 0.397 e. The van der Waals surface area contributed by atoms with Gasteiger partial charge in [0.05, 0.1) is 11.9 Å². The predicted octanol–water partition coefficient (Wildman–Crippen LogP) is 1.38. The number of aromatic amines is 1. The maximum atomic E-state index is 13.5. The van der Waals surface area contributed by atoms with Crippen molar-refractivity contribution in [3.8, 4) is 0 Å². The van der Waals surface area contributed by atoms with Crippen molar-refractivity contribution in [1.82, 2.24) is 9.97 Å². The zero-order chi connectivity index (χ0) is 14.2. The van der Waals surface area contributed by atoms with Crippen LogP contribution in [0.5, 0.6) is 0 Å². The number of nitrogens with two attached hydrogens (primary N) is 1. The lowest BCUT2D eigenvalue weighted by molar-refractivity contribution is 0.512. The molecule has 4 N–H and O–H groups in total. The summed E-state index contributed by atoms with van der Waals surface area (Å²) in [6.45, 7) is 1.55. The molecule has 0 aliphatic heterocycles. The van der Waals surface area contributed by atoms with E-state index in [0.29, 0.717) is 5.82 Å². The summed E-state index contributed by atoms with van der Waals surface area (Å²) in [5, 5.41) is -0.270. The number of sulfonamides is 1. The molecule has 0 bridgehead atoms. The number of imidazole rings is 1. The van der Waals surface area contributed by atoms with Gasteiger partial charge in [0.15, 0.2) is 16.7 Å². The average Bonchev–Trinajstić information content (AvgIpc) is 2.77. The molecule has 9 heteroatoms. The Labute approximate surface area is 107 Å². The topological polar surface area (TPSA) is 101 Å². The highest BCUT2D eigenvalue weighted by Gasteiger charge is 2.21. The van der Waals surface area contributed by atoms with E-state index in [-0.39, 0.29) is 10.7 Å². The molecule has 102 valence electrons. The molecule has 0 atom stereocenters. The summed E-state index contributed by atoms with van der Waals surface area (Å²) in [4.78, 5) is 6.18. The highest BCUT2D eigenvalue weighted by atomic mass is 32.2. The van der Waals surface area contributed by atoms with Crippen molar-refractivity contribution in [2.24, 2.45) is 0 Å². The Kier molecular flexibility index (Phi) is 3.14. The van der Waals surface area contributed by atoms with Gasteiger partial charge in [-0.05, 0) is 19.1 Å². The van der Waals surface area contributed by atoms with Gasteiger partial charge in [0.2, 0.25) is 0 Å². The number of H-pyrrole nitrogens is 1. The number of hydrogen-bond donors (Lipinski definition) is 3. The molecule has 0 fully saturated rings. The minimum absolute atomic E-state index is 0.223. The number of hydrogen-bond acceptors (Lipinski definition) is 4. The van der Waals surface area contributed by atoms with Gasteiger partial charge < -0.3 is 10.7 Å². The minimum atomic E-state index is -4.11. The third-order valence-electron chi connectivity index (χ3n) is 2.33. The van der Waals surface area contributed by atoms with Gasteiger partial charge in [0, 0.05) is 0 Å². The van der Waals surface area contributed by atoms with E-state index in [1.54, 1.807) is 6.92 Å². The van der Waals surface area contributed by atoms with Crippen LogP contribution in [0, 0.1) is 18.6 Å². The van der Waals surface area contributed by atoms with Crippen molar-refractivity contribution in [3.63, 3.8) is 0 Å². The fraction of sp³-hybridized carbons (Fsp3) is 0.100. The van der Waals surface area contributed by atoms with Crippen molar-refractivity contribution in [3.05, 3.63) is 35.8 Å². The normalized spacial score (nSPS) is 11.5.